The van der Waals surface area contributed by atoms with E-state index in [1.807, 2.05) is 0 Å². The predicted octanol–water partition coefficient (Wildman–Crippen LogP) is 3.89. The van der Waals surface area contributed by atoms with Crippen LogP contribution in [0.15, 0.2) is 18.2 Å². The van der Waals surface area contributed by atoms with Crippen molar-refractivity contribution in [1.82, 2.24) is 0 Å². The summed E-state index contributed by atoms with van der Waals surface area (Å²) in [6, 6.07) is 3.48. The third-order valence-electron chi connectivity index (χ3n) is 3.69. The summed E-state index contributed by atoms with van der Waals surface area (Å²) in [5.41, 5.74) is -1.51. The molecule has 0 aromatic heterocycles. The molecule has 0 spiro atoms. The Labute approximate surface area is 111 Å². The second-order valence-electron chi connectivity index (χ2n) is 4.91. The summed E-state index contributed by atoms with van der Waals surface area (Å²) < 4.78 is 33.1. The van der Waals surface area contributed by atoms with E-state index in [1.54, 1.807) is 6.92 Å². The van der Waals surface area contributed by atoms with Crippen LogP contribution in [0.2, 0.25) is 0 Å². The van der Waals surface area contributed by atoms with Crippen molar-refractivity contribution in [1.29, 1.82) is 0 Å². The van der Waals surface area contributed by atoms with Crippen molar-refractivity contribution in [2.75, 3.05) is 6.61 Å². The van der Waals surface area contributed by atoms with Crippen LogP contribution in [0.4, 0.5) is 8.78 Å². The van der Waals surface area contributed by atoms with Crippen molar-refractivity contribution in [2.24, 2.45) is 0 Å². The van der Waals surface area contributed by atoms with Crippen LogP contribution in [0.1, 0.15) is 49.4 Å². The molecule has 0 heterocycles. The SMILES string of the molecule is CCOC1(C(=O)c2c(F)cccc2F)CCCCC1. The molecule has 1 aliphatic carbocycles. The van der Waals surface area contributed by atoms with Crippen molar-refractivity contribution in [2.45, 2.75) is 44.6 Å². The normalized spacial score (nSPS) is 18.3. The van der Waals surface area contributed by atoms with E-state index in [0.29, 0.717) is 19.4 Å². The van der Waals surface area contributed by atoms with Gasteiger partial charge in [0.1, 0.15) is 17.2 Å². The van der Waals surface area contributed by atoms with Gasteiger partial charge in [-0.15, -0.1) is 0 Å². The molecule has 0 N–H and O–H groups in total. The number of ketones is 1. The largest absolute Gasteiger partial charge is 0.367 e. The van der Waals surface area contributed by atoms with Gasteiger partial charge in [0.05, 0.1) is 5.56 Å². The lowest BCUT2D eigenvalue weighted by molar-refractivity contribution is -0.0415. The van der Waals surface area contributed by atoms with E-state index in [-0.39, 0.29) is 0 Å². The molecular weight excluding hydrogens is 250 g/mol. The number of Topliss-reactive ketones (excluding diaryl/α,β-unsaturated/α-hetero) is 1. The van der Waals surface area contributed by atoms with Gasteiger partial charge in [0.25, 0.3) is 0 Å². The van der Waals surface area contributed by atoms with E-state index in [0.717, 1.165) is 31.4 Å². The van der Waals surface area contributed by atoms with Gasteiger partial charge in [0.2, 0.25) is 5.78 Å². The molecule has 0 atom stereocenters. The lowest BCUT2D eigenvalue weighted by Gasteiger charge is -2.35. The van der Waals surface area contributed by atoms with Crippen LogP contribution < -0.4 is 0 Å². The first-order valence-corrected chi connectivity index (χ1v) is 6.73. The highest BCUT2D eigenvalue weighted by molar-refractivity contribution is 6.03. The second kappa shape index (κ2) is 5.78. The Morgan fingerprint density at radius 2 is 1.79 bits per heavy atom. The summed E-state index contributed by atoms with van der Waals surface area (Å²) in [7, 11) is 0. The van der Waals surface area contributed by atoms with Crippen LogP contribution in [0.25, 0.3) is 0 Å². The molecule has 1 fully saturated rings. The summed E-state index contributed by atoms with van der Waals surface area (Å²) in [4.78, 5) is 12.5. The third kappa shape index (κ3) is 2.68. The summed E-state index contributed by atoms with van der Waals surface area (Å²) in [5.74, 6) is -2.17. The van der Waals surface area contributed by atoms with E-state index in [1.165, 1.54) is 6.07 Å². The predicted molar refractivity (Wildman–Crippen MR) is 68.1 cm³/mol. The summed E-state index contributed by atoms with van der Waals surface area (Å²) in [5, 5.41) is 0. The molecule has 1 aromatic rings. The maximum atomic E-state index is 13.7. The molecule has 2 rings (SSSR count). The second-order valence-corrected chi connectivity index (χ2v) is 4.91. The number of carbonyl (C=O) groups excluding carboxylic acids is 1. The Bertz CT molecular complexity index is 439. The fourth-order valence-electron chi connectivity index (χ4n) is 2.78. The first-order valence-electron chi connectivity index (χ1n) is 6.73. The van der Waals surface area contributed by atoms with Gasteiger partial charge >= 0.3 is 0 Å². The minimum absolute atomic E-state index is 0.363. The van der Waals surface area contributed by atoms with Gasteiger partial charge in [0, 0.05) is 6.61 Å². The van der Waals surface area contributed by atoms with E-state index in [9.17, 15) is 13.6 Å². The highest BCUT2D eigenvalue weighted by Crippen LogP contribution is 2.35. The molecule has 0 unspecified atom stereocenters. The quantitative estimate of drug-likeness (QED) is 0.774. The average molecular weight is 268 g/mol. The molecule has 0 amide bonds. The van der Waals surface area contributed by atoms with Crippen molar-refractivity contribution >= 4 is 5.78 Å². The number of ether oxygens (including phenoxy) is 1. The van der Waals surface area contributed by atoms with Crippen LogP contribution in [0, 0.1) is 11.6 Å². The zero-order valence-electron chi connectivity index (χ0n) is 11.0. The Morgan fingerprint density at radius 3 is 2.32 bits per heavy atom. The van der Waals surface area contributed by atoms with Crippen molar-refractivity contribution < 1.29 is 18.3 Å². The van der Waals surface area contributed by atoms with Crippen LogP contribution in [0.3, 0.4) is 0 Å². The fraction of sp³-hybridized carbons (Fsp3) is 0.533. The topological polar surface area (TPSA) is 26.3 Å². The molecule has 1 aliphatic rings. The smallest absolute Gasteiger partial charge is 0.200 e. The van der Waals surface area contributed by atoms with E-state index < -0.39 is 28.6 Å². The summed E-state index contributed by atoms with van der Waals surface area (Å²) in [6.45, 7) is 2.16. The highest BCUT2D eigenvalue weighted by atomic mass is 19.1. The highest BCUT2D eigenvalue weighted by Gasteiger charge is 2.42. The first-order chi connectivity index (χ1) is 9.10. The van der Waals surface area contributed by atoms with Crippen LogP contribution in [-0.2, 0) is 4.74 Å². The van der Waals surface area contributed by atoms with Crippen molar-refractivity contribution in [3.05, 3.63) is 35.4 Å². The Balaban J connectivity index is 2.39. The van der Waals surface area contributed by atoms with E-state index >= 15 is 0 Å². The minimum atomic E-state index is -1.05. The van der Waals surface area contributed by atoms with Crippen LogP contribution >= 0.6 is 0 Å². The van der Waals surface area contributed by atoms with E-state index in [4.69, 9.17) is 4.74 Å². The van der Waals surface area contributed by atoms with Gasteiger partial charge in [0.15, 0.2) is 0 Å². The van der Waals surface area contributed by atoms with Gasteiger partial charge in [-0.25, -0.2) is 8.78 Å². The van der Waals surface area contributed by atoms with Crippen LogP contribution in [-0.4, -0.2) is 18.0 Å². The van der Waals surface area contributed by atoms with E-state index in [2.05, 4.69) is 0 Å². The summed E-state index contributed by atoms with van der Waals surface area (Å²) >= 11 is 0. The molecule has 0 radical (unpaired) electrons. The van der Waals surface area contributed by atoms with Gasteiger partial charge in [-0.2, -0.15) is 0 Å². The molecular formula is C15H18F2O2. The standard InChI is InChI=1S/C15H18F2O2/c1-2-19-15(9-4-3-5-10-15)14(18)13-11(16)7-6-8-12(13)17/h6-8H,2-5,9-10H2,1H3. The molecule has 0 bridgehead atoms. The lowest BCUT2D eigenvalue weighted by Crippen LogP contribution is -2.44. The monoisotopic (exact) mass is 268 g/mol. The maximum absolute atomic E-state index is 13.7. The number of hydrogen-bond acceptors (Lipinski definition) is 2. The molecule has 104 valence electrons. The molecule has 1 saturated carbocycles. The number of hydrogen-bond donors (Lipinski definition) is 0. The Hall–Kier alpha value is -1.29. The third-order valence-corrected chi connectivity index (χ3v) is 3.69. The molecule has 4 heteroatoms. The fourth-order valence-corrected chi connectivity index (χ4v) is 2.78. The van der Waals surface area contributed by atoms with Crippen molar-refractivity contribution in [3.8, 4) is 0 Å². The number of rotatable bonds is 4. The Kier molecular flexibility index (Phi) is 4.30. The molecule has 0 aliphatic heterocycles. The number of benzene rings is 1. The molecule has 1 aromatic carbocycles. The number of halogens is 2. The van der Waals surface area contributed by atoms with Gasteiger partial charge in [-0.3, -0.25) is 4.79 Å². The zero-order chi connectivity index (χ0) is 13.9. The molecule has 19 heavy (non-hydrogen) atoms. The molecule has 0 saturated heterocycles. The van der Waals surface area contributed by atoms with Gasteiger partial charge in [-0.1, -0.05) is 25.3 Å². The number of carbonyl (C=O) groups is 1. The van der Waals surface area contributed by atoms with Gasteiger partial charge < -0.3 is 4.74 Å². The Morgan fingerprint density at radius 1 is 1.21 bits per heavy atom. The first kappa shape index (κ1) is 14.1. The maximum Gasteiger partial charge on any atom is 0.200 e. The minimum Gasteiger partial charge on any atom is -0.367 e. The lowest BCUT2D eigenvalue weighted by atomic mass is 9.79. The summed E-state index contributed by atoms with van der Waals surface area (Å²) in [6.07, 6.45) is 3.80. The van der Waals surface area contributed by atoms with Crippen LogP contribution in [0.5, 0.6) is 0 Å². The van der Waals surface area contributed by atoms with Crippen molar-refractivity contribution in [3.63, 3.8) is 0 Å². The average Bonchev–Trinajstić information content (AvgIpc) is 2.40. The molecule has 2 nitrogen and oxygen atoms in total. The van der Waals surface area contributed by atoms with Gasteiger partial charge in [-0.05, 0) is 31.9 Å². The zero-order valence-corrected chi connectivity index (χ0v) is 11.0.